The van der Waals surface area contributed by atoms with E-state index in [1.54, 1.807) is 0 Å². The molecule has 0 spiro atoms. The van der Waals surface area contributed by atoms with Crippen molar-refractivity contribution >= 4 is 5.97 Å². The van der Waals surface area contributed by atoms with Crippen LogP contribution in [0.3, 0.4) is 0 Å². The number of alkyl halides is 1. The van der Waals surface area contributed by atoms with E-state index in [1.807, 2.05) is 0 Å². The van der Waals surface area contributed by atoms with Gasteiger partial charge in [0.2, 0.25) is 0 Å². The van der Waals surface area contributed by atoms with Crippen molar-refractivity contribution in [2.24, 2.45) is 5.92 Å². The molecule has 46 valence electrons. The maximum atomic E-state index is 11.6. The first-order valence-electron chi connectivity index (χ1n) is 2.54. The van der Waals surface area contributed by atoms with Gasteiger partial charge in [0.1, 0.15) is 0 Å². The topological polar surface area (TPSA) is 26.3 Å². The molecule has 0 saturated carbocycles. The number of hydrogen-bond donors (Lipinski definition) is 0. The largest absolute Gasteiger partial charge is 0.465 e. The Hall–Kier alpha value is -0.600. The molecule has 1 heterocycles. The first-order valence-corrected chi connectivity index (χ1v) is 2.54. The van der Waals surface area contributed by atoms with Gasteiger partial charge in [-0.15, -0.1) is 0 Å². The van der Waals surface area contributed by atoms with Crippen LogP contribution in [0.1, 0.15) is 6.42 Å². The van der Waals surface area contributed by atoms with Crippen LogP contribution < -0.4 is 0 Å². The van der Waals surface area contributed by atoms with E-state index in [1.165, 1.54) is 0 Å². The molecule has 1 unspecified atom stereocenters. The van der Waals surface area contributed by atoms with Crippen molar-refractivity contribution in [1.29, 1.82) is 0 Å². The molecule has 1 aliphatic heterocycles. The van der Waals surface area contributed by atoms with E-state index in [2.05, 4.69) is 4.74 Å². The van der Waals surface area contributed by atoms with E-state index in [-0.39, 0.29) is 24.9 Å². The summed E-state index contributed by atoms with van der Waals surface area (Å²) < 4.78 is 16.1. The Morgan fingerprint density at radius 3 is 2.88 bits per heavy atom. The van der Waals surface area contributed by atoms with Crippen LogP contribution in [0.15, 0.2) is 0 Å². The Balaban J connectivity index is 2.32. The van der Waals surface area contributed by atoms with Crippen LogP contribution in [0, 0.1) is 5.92 Å². The van der Waals surface area contributed by atoms with Crippen LogP contribution in [0.5, 0.6) is 0 Å². The fourth-order valence-corrected chi connectivity index (χ4v) is 0.663. The van der Waals surface area contributed by atoms with Gasteiger partial charge in [-0.25, -0.2) is 0 Å². The average Bonchev–Trinajstić information content (AvgIpc) is 2.14. The van der Waals surface area contributed by atoms with E-state index in [0.717, 1.165) is 0 Å². The summed E-state index contributed by atoms with van der Waals surface area (Å²) in [5.74, 6) is -0.435. The minimum Gasteiger partial charge on any atom is -0.465 e. The lowest BCUT2D eigenvalue weighted by Gasteiger charge is -1.92. The summed E-state index contributed by atoms with van der Waals surface area (Å²) in [6.45, 7) is -0.166. The lowest BCUT2D eigenvalue weighted by Crippen LogP contribution is -1.99. The third kappa shape index (κ3) is 0.967. The molecule has 0 aliphatic carbocycles. The normalized spacial score (nSPS) is 28.1. The zero-order valence-electron chi connectivity index (χ0n) is 4.39. The Kier molecular flexibility index (Phi) is 1.46. The number of carbonyl (C=O) groups is 1. The second-order valence-electron chi connectivity index (χ2n) is 1.91. The fraction of sp³-hybridized carbons (Fsp3) is 0.800. The number of rotatable bonds is 1. The molecule has 1 fully saturated rings. The number of cyclic esters (lactones) is 1. The molecule has 0 bridgehead atoms. The Morgan fingerprint density at radius 2 is 2.62 bits per heavy atom. The first kappa shape index (κ1) is 5.54. The third-order valence-corrected chi connectivity index (χ3v) is 1.15. The molecule has 1 saturated heterocycles. The maximum absolute atomic E-state index is 11.6. The third-order valence-electron chi connectivity index (χ3n) is 1.15. The van der Waals surface area contributed by atoms with Gasteiger partial charge < -0.3 is 4.74 Å². The fourth-order valence-electron chi connectivity index (χ4n) is 0.663. The van der Waals surface area contributed by atoms with Gasteiger partial charge in [0.05, 0.1) is 19.7 Å². The van der Waals surface area contributed by atoms with Crippen molar-refractivity contribution in [2.45, 2.75) is 6.42 Å². The summed E-state index contributed by atoms with van der Waals surface area (Å²) in [6, 6.07) is 0. The lowest BCUT2D eigenvalue weighted by molar-refractivity contribution is -0.137. The Labute approximate surface area is 46.6 Å². The number of carbonyl (C=O) groups excluding carboxylic acids is 1. The highest BCUT2D eigenvalue weighted by molar-refractivity contribution is 5.71. The van der Waals surface area contributed by atoms with Gasteiger partial charge in [-0.1, -0.05) is 0 Å². The summed E-state index contributed by atoms with van der Waals surface area (Å²) in [5, 5.41) is 0. The molecule has 0 aromatic rings. The molecule has 1 rings (SSSR count). The van der Waals surface area contributed by atoms with Gasteiger partial charge in [-0.2, -0.15) is 0 Å². The highest BCUT2D eigenvalue weighted by Crippen LogP contribution is 2.13. The van der Waals surface area contributed by atoms with Crippen molar-refractivity contribution < 1.29 is 13.9 Å². The standard InChI is InChI=1S/C5H7FO2/c6-2-4-1-5(7)8-3-4/h4H,1-3H2. The van der Waals surface area contributed by atoms with E-state index in [9.17, 15) is 9.18 Å². The van der Waals surface area contributed by atoms with Crippen molar-refractivity contribution in [3.63, 3.8) is 0 Å². The Bertz CT molecular complexity index is 103. The highest BCUT2D eigenvalue weighted by atomic mass is 19.1. The molecule has 1 aliphatic rings. The summed E-state index contributed by atoms with van der Waals surface area (Å²) in [4.78, 5) is 10.2. The summed E-state index contributed by atoms with van der Waals surface area (Å²) in [5.41, 5.74) is 0. The molecule has 0 radical (unpaired) electrons. The monoisotopic (exact) mass is 118 g/mol. The minimum absolute atomic E-state index is 0.164. The molecular weight excluding hydrogens is 111 g/mol. The van der Waals surface area contributed by atoms with Gasteiger partial charge in [0, 0.05) is 5.92 Å². The summed E-state index contributed by atoms with van der Waals surface area (Å²) >= 11 is 0. The number of esters is 1. The second kappa shape index (κ2) is 2.11. The molecule has 8 heavy (non-hydrogen) atoms. The van der Waals surface area contributed by atoms with E-state index >= 15 is 0 Å². The van der Waals surface area contributed by atoms with Crippen LogP contribution in [-0.4, -0.2) is 19.3 Å². The SMILES string of the molecule is O=C1CC(CF)CO1. The zero-order chi connectivity index (χ0) is 5.98. The molecule has 2 nitrogen and oxygen atoms in total. The van der Waals surface area contributed by atoms with Crippen molar-refractivity contribution in [3.8, 4) is 0 Å². The predicted molar refractivity (Wildman–Crippen MR) is 25.0 cm³/mol. The maximum Gasteiger partial charge on any atom is 0.306 e. The minimum atomic E-state index is -0.439. The molecule has 0 amide bonds. The lowest BCUT2D eigenvalue weighted by atomic mass is 10.1. The van der Waals surface area contributed by atoms with Crippen molar-refractivity contribution in [1.82, 2.24) is 0 Å². The van der Waals surface area contributed by atoms with Gasteiger partial charge in [-0.3, -0.25) is 9.18 Å². The van der Waals surface area contributed by atoms with E-state index in [0.29, 0.717) is 0 Å². The number of halogens is 1. The van der Waals surface area contributed by atoms with Crippen molar-refractivity contribution in [2.75, 3.05) is 13.3 Å². The van der Waals surface area contributed by atoms with Crippen LogP contribution in [0.4, 0.5) is 4.39 Å². The molecule has 3 heteroatoms. The quantitative estimate of drug-likeness (QED) is 0.469. The molecule has 0 N–H and O–H groups in total. The van der Waals surface area contributed by atoms with Gasteiger partial charge >= 0.3 is 5.97 Å². The summed E-state index contributed by atoms with van der Waals surface area (Å²) in [6.07, 6.45) is 0.260. The predicted octanol–water partition coefficient (Wildman–Crippen LogP) is 0.519. The zero-order valence-corrected chi connectivity index (χ0v) is 4.39. The molecule has 1 atom stereocenters. The number of hydrogen-bond acceptors (Lipinski definition) is 2. The van der Waals surface area contributed by atoms with Crippen LogP contribution in [-0.2, 0) is 9.53 Å². The van der Waals surface area contributed by atoms with E-state index < -0.39 is 6.67 Å². The molecular formula is C5H7FO2. The summed E-state index contributed by atoms with van der Waals surface area (Å²) in [7, 11) is 0. The van der Waals surface area contributed by atoms with Gasteiger partial charge in [0.15, 0.2) is 0 Å². The van der Waals surface area contributed by atoms with Gasteiger partial charge in [-0.05, 0) is 0 Å². The van der Waals surface area contributed by atoms with Crippen molar-refractivity contribution in [3.05, 3.63) is 0 Å². The molecule has 0 aromatic carbocycles. The van der Waals surface area contributed by atoms with Gasteiger partial charge in [0.25, 0.3) is 0 Å². The second-order valence-corrected chi connectivity index (χ2v) is 1.91. The number of ether oxygens (including phenoxy) is 1. The van der Waals surface area contributed by atoms with Crippen LogP contribution in [0.25, 0.3) is 0 Å². The van der Waals surface area contributed by atoms with Crippen LogP contribution in [0.2, 0.25) is 0 Å². The smallest absolute Gasteiger partial charge is 0.306 e. The first-order chi connectivity index (χ1) is 3.83. The molecule has 0 aromatic heterocycles. The highest BCUT2D eigenvalue weighted by Gasteiger charge is 2.22. The van der Waals surface area contributed by atoms with E-state index in [4.69, 9.17) is 0 Å². The average molecular weight is 118 g/mol. The Morgan fingerprint density at radius 1 is 1.88 bits per heavy atom. The van der Waals surface area contributed by atoms with Crippen LogP contribution >= 0.6 is 0 Å².